The number of hydrogen-bond donors (Lipinski definition) is 2. The summed E-state index contributed by atoms with van der Waals surface area (Å²) in [5.74, 6) is 1.01. The number of piperazine rings is 1. The quantitative estimate of drug-likeness (QED) is 0.561. The van der Waals surface area contributed by atoms with Gasteiger partial charge >= 0.3 is 0 Å². The molecule has 3 rings (SSSR count). The summed E-state index contributed by atoms with van der Waals surface area (Å²) in [7, 11) is 0. The second-order valence-electron chi connectivity index (χ2n) is 8.25. The molecule has 0 amide bonds. The molecule has 1 aliphatic heterocycles. The molecule has 29 heavy (non-hydrogen) atoms. The van der Waals surface area contributed by atoms with Gasteiger partial charge in [0.25, 0.3) is 0 Å². The molecule has 2 N–H and O–H groups in total. The normalized spacial score (nSPS) is 19.5. The molecular formula is C26H38N2O+2. The number of unbranched alkanes of at least 4 members (excludes halogenated alkanes) is 3. The standard InChI is InChI=1S/C26H36N2O/c1-2-3-4-8-22-29-26-15-13-25(14-16-26)23-28-20-18-27(19-21-28)17-9-12-24-10-6-5-7-11-24/h5-7,9-16H,2-4,8,17-23H2,1H3/p+2/b12-9+. The monoisotopic (exact) mass is 394 g/mol. The van der Waals surface area contributed by atoms with Gasteiger partial charge in [0.05, 0.1) is 13.2 Å². The third-order valence-electron chi connectivity index (χ3n) is 5.82. The summed E-state index contributed by atoms with van der Waals surface area (Å²) in [4.78, 5) is 3.40. The van der Waals surface area contributed by atoms with E-state index >= 15 is 0 Å². The van der Waals surface area contributed by atoms with Crippen LogP contribution in [0.2, 0.25) is 0 Å². The molecule has 0 atom stereocenters. The fourth-order valence-electron chi connectivity index (χ4n) is 3.97. The SMILES string of the molecule is CCCCCCOc1ccc(C[NH+]2CC[NH+](C/C=C/c3ccccc3)CC2)cc1. The predicted molar refractivity (Wildman–Crippen MR) is 122 cm³/mol. The van der Waals surface area contributed by atoms with Crippen molar-refractivity contribution in [2.75, 3.05) is 39.3 Å². The van der Waals surface area contributed by atoms with Gasteiger partial charge in [-0.2, -0.15) is 0 Å². The molecular weight excluding hydrogens is 356 g/mol. The molecule has 0 aliphatic carbocycles. The van der Waals surface area contributed by atoms with E-state index in [0.29, 0.717) is 0 Å². The predicted octanol–water partition coefficient (Wildman–Crippen LogP) is 2.64. The molecule has 1 fully saturated rings. The Morgan fingerprint density at radius 1 is 0.828 bits per heavy atom. The minimum atomic E-state index is 0.841. The summed E-state index contributed by atoms with van der Waals surface area (Å²) >= 11 is 0. The van der Waals surface area contributed by atoms with E-state index in [1.165, 1.54) is 56.6 Å². The van der Waals surface area contributed by atoms with Gasteiger partial charge in [-0.15, -0.1) is 0 Å². The van der Waals surface area contributed by atoms with Crippen molar-refractivity contribution in [3.05, 3.63) is 71.8 Å². The molecule has 156 valence electrons. The van der Waals surface area contributed by atoms with Crippen molar-refractivity contribution in [1.29, 1.82) is 0 Å². The van der Waals surface area contributed by atoms with Crippen molar-refractivity contribution in [3.8, 4) is 5.75 Å². The minimum absolute atomic E-state index is 0.841. The third kappa shape index (κ3) is 8.04. The van der Waals surface area contributed by atoms with Gasteiger partial charge in [0.2, 0.25) is 0 Å². The maximum absolute atomic E-state index is 5.86. The number of nitrogens with one attached hydrogen (secondary N) is 2. The zero-order valence-electron chi connectivity index (χ0n) is 18.0. The zero-order valence-corrected chi connectivity index (χ0v) is 18.0. The first kappa shape index (κ1) is 21.6. The first-order valence-electron chi connectivity index (χ1n) is 11.4. The van der Waals surface area contributed by atoms with Crippen LogP contribution in [-0.4, -0.2) is 39.3 Å². The third-order valence-corrected chi connectivity index (χ3v) is 5.82. The van der Waals surface area contributed by atoms with Crippen LogP contribution in [0.4, 0.5) is 0 Å². The molecule has 1 aliphatic rings. The van der Waals surface area contributed by atoms with E-state index < -0.39 is 0 Å². The van der Waals surface area contributed by atoms with Gasteiger partial charge in [-0.25, -0.2) is 0 Å². The number of hydrogen-bond acceptors (Lipinski definition) is 1. The first-order valence-corrected chi connectivity index (χ1v) is 11.4. The Balaban J connectivity index is 1.33. The maximum Gasteiger partial charge on any atom is 0.127 e. The van der Waals surface area contributed by atoms with Crippen LogP contribution in [-0.2, 0) is 6.54 Å². The van der Waals surface area contributed by atoms with Gasteiger partial charge in [-0.3, -0.25) is 0 Å². The van der Waals surface area contributed by atoms with Gasteiger partial charge in [-0.05, 0) is 42.3 Å². The summed E-state index contributed by atoms with van der Waals surface area (Å²) in [6.07, 6.45) is 9.59. The van der Waals surface area contributed by atoms with Crippen LogP contribution in [0, 0.1) is 0 Å². The largest absolute Gasteiger partial charge is 0.494 e. The Morgan fingerprint density at radius 2 is 1.55 bits per heavy atom. The molecule has 2 aromatic rings. The highest BCUT2D eigenvalue weighted by molar-refractivity contribution is 5.48. The maximum atomic E-state index is 5.86. The fourth-order valence-corrected chi connectivity index (χ4v) is 3.97. The Kier molecular flexibility index (Phi) is 9.28. The summed E-state index contributed by atoms with van der Waals surface area (Å²) < 4.78 is 5.86. The first-order chi connectivity index (χ1) is 14.3. The molecule has 1 saturated heterocycles. The van der Waals surface area contributed by atoms with Gasteiger partial charge in [0, 0.05) is 5.56 Å². The number of benzene rings is 2. The summed E-state index contributed by atoms with van der Waals surface area (Å²) in [6.45, 7) is 10.4. The molecule has 0 radical (unpaired) electrons. The van der Waals surface area contributed by atoms with E-state index in [-0.39, 0.29) is 0 Å². The number of ether oxygens (including phenoxy) is 1. The zero-order chi connectivity index (χ0) is 20.2. The van der Waals surface area contributed by atoms with E-state index in [4.69, 9.17) is 4.74 Å². The minimum Gasteiger partial charge on any atom is -0.494 e. The lowest BCUT2D eigenvalue weighted by molar-refractivity contribution is -1.02. The Bertz CT molecular complexity index is 703. The Labute approximate surface area is 177 Å². The van der Waals surface area contributed by atoms with Crippen LogP contribution < -0.4 is 14.5 Å². The van der Waals surface area contributed by atoms with Crippen molar-refractivity contribution >= 4 is 6.08 Å². The number of rotatable bonds is 11. The highest BCUT2D eigenvalue weighted by Crippen LogP contribution is 2.12. The van der Waals surface area contributed by atoms with Crippen molar-refractivity contribution < 1.29 is 14.5 Å². The molecule has 1 heterocycles. The highest BCUT2D eigenvalue weighted by atomic mass is 16.5. The summed E-state index contributed by atoms with van der Waals surface area (Å²) in [5.41, 5.74) is 2.72. The molecule has 3 nitrogen and oxygen atoms in total. The second kappa shape index (κ2) is 12.5. The smallest absolute Gasteiger partial charge is 0.127 e. The van der Waals surface area contributed by atoms with Gasteiger partial charge in [-0.1, -0.05) is 62.6 Å². The second-order valence-corrected chi connectivity index (χ2v) is 8.25. The molecule has 2 aromatic carbocycles. The van der Waals surface area contributed by atoms with Crippen LogP contribution in [0.15, 0.2) is 60.7 Å². The van der Waals surface area contributed by atoms with Gasteiger partial charge < -0.3 is 14.5 Å². The summed E-state index contributed by atoms with van der Waals surface area (Å²) in [5, 5.41) is 0. The van der Waals surface area contributed by atoms with Crippen LogP contribution in [0.3, 0.4) is 0 Å². The molecule has 0 spiro atoms. The van der Waals surface area contributed by atoms with E-state index in [1.54, 1.807) is 9.80 Å². The van der Waals surface area contributed by atoms with Gasteiger partial charge in [0.15, 0.2) is 0 Å². The topological polar surface area (TPSA) is 18.1 Å². The average Bonchev–Trinajstić information content (AvgIpc) is 2.77. The van der Waals surface area contributed by atoms with Crippen molar-refractivity contribution in [2.45, 2.75) is 39.2 Å². The lowest BCUT2D eigenvalue weighted by Crippen LogP contribution is -3.27. The van der Waals surface area contributed by atoms with Crippen LogP contribution in [0.25, 0.3) is 6.08 Å². The Morgan fingerprint density at radius 3 is 2.28 bits per heavy atom. The van der Waals surface area contributed by atoms with Crippen molar-refractivity contribution in [3.63, 3.8) is 0 Å². The lowest BCUT2D eigenvalue weighted by Gasteiger charge is -2.29. The average molecular weight is 395 g/mol. The molecule has 0 bridgehead atoms. The number of quaternary nitrogens is 2. The fraction of sp³-hybridized carbons (Fsp3) is 0.462. The van der Waals surface area contributed by atoms with E-state index in [9.17, 15) is 0 Å². The molecule has 3 heteroatoms. The van der Waals surface area contributed by atoms with E-state index in [2.05, 4.69) is 73.7 Å². The molecule has 0 unspecified atom stereocenters. The van der Waals surface area contributed by atoms with Gasteiger partial charge in [0.1, 0.15) is 38.5 Å². The van der Waals surface area contributed by atoms with Crippen LogP contribution >= 0.6 is 0 Å². The van der Waals surface area contributed by atoms with Crippen LogP contribution in [0.1, 0.15) is 43.7 Å². The van der Waals surface area contributed by atoms with Crippen molar-refractivity contribution in [2.24, 2.45) is 0 Å². The van der Waals surface area contributed by atoms with Crippen molar-refractivity contribution in [1.82, 2.24) is 0 Å². The van der Waals surface area contributed by atoms with E-state index in [1.807, 2.05) is 0 Å². The van der Waals surface area contributed by atoms with E-state index in [0.717, 1.165) is 31.9 Å². The Hall–Kier alpha value is -2.10. The molecule has 0 saturated carbocycles. The molecule has 0 aromatic heterocycles. The summed E-state index contributed by atoms with van der Waals surface area (Å²) in [6, 6.07) is 19.4. The lowest BCUT2D eigenvalue weighted by atomic mass is 10.2. The van der Waals surface area contributed by atoms with Crippen LogP contribution in [0.5, 0.6) is 5.75 Å². The highest BCUT2D eigenvalue weighted by Gasteiger charge is 2.21.